The van der Waals surface area contributed by atoms with E-state index in [0.29, 0.717) is 17.1 Å². The normalized spacial score (nSPS) is 18.8. The molecule has 1 amide bonds. The van der Waals surface area contributed by atoms with Crippen LogP contribution in [0.4, 0.5) is 10.5 Å². The van der Waals surface area contributed by atoms with Gasteiger partial charge in [-0.25, -0.2) is 14.8 Å². The van der Waals surface area contributed by atoms with Crippen LogP contribution in [-0.4, -0.2) is 64.0 Å². The molecule has 1 aliphatic heterocycles. The zero-order valence-electron chi connectivity index (χ0n) is 18.7. The fourth-order valence-corrected chi connectivity index (χ4v) is 4.34. The highest BCUT2D eigenvalue weighted by atomic mass is 16.6. The van der Waals surface area contributed by atoms with Gasteiger partial charge in [-0.05, 0) is 58.6 Å². The Hall–Kier alpha value is -2.45. The van der Waals surface area contributed by atoms with Gasteiger partial charge in [0.1, 0.15) is 11.9 Å². The van der Waals surface area contributed by atoms with E-state index in [9.17, 15) is 9.90 Å². The van der Waals surface area contributed by atoms with E-state index in [-0.39, 0.29) is 12.1 Å². The first kappa shape index (κ1) is 21.8. The molecule has 1 atom stereocenters. The van der Waals surface area contributed by atoms with Crippen LogP contribution < -0.4 is 4.90 Å². The molecule has 0 spiro atoms. The van der Waals surface area contributed by atoms with Crippen molar-refractivity contribution in [1.29, 1.82) is 0 Å². The van der Waals surface area contributed by atoms with Crippen LogP contribution in [0.1, 0.15) is 58.3 Å². The van der Waals surface area contributed by atoms with Crippen molar-refractivity contribution >= 4 is 22.7 Å². The lowest BCUT2D eigenvalue weighted by atomic mass is 10.0. The van der Waals surface area contributed by atoms with Crippen LogP contribution in [0.15, 0.2) is 24.7 Å². The maximum atomic E-state index is 12.8. The summed E-state index contributed by atoms with van der Waals surface area (Å²) in [5.74, 6) is 0. The number of fused-ring (bicyclic) bond motifs is 1. The largest absolute Gasteiger partial charge is 0.444 e. The van der Waals surface area contributed by atoms with Crippen LogP contribution in [0.5, 0.6) is 0 Å². The molecule has 1 aromatic carbocycles. The molecule has 0 bridgehead atoms. The minimum Gasteiger partial charge on any atom is -0.444 e. The summed E-state index contributed by atoms with van der Waals surface area (Å²) in [6.45, 7) is 7.39. The van der Waals surface area contributed by atoms with Crippen molar-refractivity contribution in [3.8, 4) is 0 Å². The fourth-order valence-electron chi connectivity index (χ4n) is 4.34. The second kappa shape index (κ2) is 8.59. The highest BCUT2D eigenvalue weighted by Gasteiger charge is 2.40. The Labute approximate surface area is 183 Å². The molecule has 1 N–H and O–H groups in total. The number of aromatic nitrogens is 2. The molecule has 168 valence electrons. The van der Waals surface area contributed by atoms with Crippen LogP contribution in [0.2, 0.25) is 0 Å². The van der Waals surface area contributed by atoms with Gasteiger partial charge in [-0.15, -0.1) is 0 Å². The molecular formula is C23H32N4O4. The number of rotatable bonds is 5. The van der Waals surface area contributed by atoms with Gasteiger partial charge >= 0.3 is 6.09 Å². The summed E-state index contributed by atoms with van der Waals surface area (Å²) in [4.78, 5) is 25.7. The maximum absolute atomic E-state index is 12.8. The van der Waals surface area contributed by atoms with Gasteiger partial charge < -0.3 is 24.4 Å². The first-order valence-corrected chi connectivity index (χ1v) is 11.0. The Bertz CT molecular complexity index is 933. The van der Waals surface area contributed by atoms with Gasteiger partial charge in [-0.2, -0.15) is 0 Å². The molecule has 1 aliphatic carbocycles. The van der Waals surface area contributed by atoms with Gasteiger partial charge in [0.05, 0.1) is 5.52 Å². The number of aliphatic hydroxyl groups is 1. The number of hydrogen-bond donors (Lipinski definition) is 1. The number of benzene rings is 1. The predicted octanol–water partition coefficient (Wildman–Crippen LogP) is 3.64. The number of ether oxygens (including phenoxy) is 2. The van der Waals surface area contributed by atoms with Gasteiger partial charge in [0, 0.05) is 55.1 Å². The van der Waals surface area contributed by atoms with E-state index in [1.54, 1.807) is 6.20 Å². The Morgan fingerprint density at radius 2 is 1.87 bits per heavy atom. The molecule has 0 radical (unpaired) electrons. The third-order valence-electron chi connectivity index (χ3n) is 5.91. The van der Waals surface area contributed by atoms with Crippen LogP contribution in [0.25, 0.3) is 10.9 Å². The number of carbonyl (C=O) groups is 1. The monoisotopic (exact) mass is 428 g/mol. The molecule has 2 fully saturated rings. The van der Waals surface area contributed by atoms with Crippen molar-refractivity contribution in [2.75, 3.05) is 25.1 Å². The number of hydrogen-bond acceptors (Lipinski definition) is 7. The summed E-state index contributed by atoms with van der Waals surface area (Å²) >= 11 is 0. The minimum absolute atomic E-state index is 0.190. The molecular weight excluding hydrogens is 396 g/mol. The topological polar surface area (TPSA) is 88.0 Å². The van der Waals surface area contributed by atoms with Gasteiger partial charge in [0.25, 0.3) is 0 Å². The lowest BCUT2D eigenvalue weighted by molar-refractivity contribution is -0.0760. The van der Waals surface area contributed by atoms with Crippen LogP contribution in [0, 0.1) is 0 Å². The van der Waals surface area contributed by atoms with Crippen LogP contribution >= 0.6 is 0 Å². The lowest BCUT2D eigenvalue weighted by Crippen LogP contribution is -2.50. The zero-order valence-corrected chi connectivity index (χ0v) is 18.7. The highest BCUT2D eigenvalue weighted by Crippen LogP contribution is 2.36. The minimum atomic E-state index is -1.03. The van der Waals surface area contributed by atoms with Crippen molar-refractivity contribution in [3.05, 3.63) is 30.2 Å². The molecule has 8 nitrogen and oxygen atoms in total. The summed E-state index contributed by atoms with van der Waals surface area (Å²) < 4.78 is 10.8. The Morgan fingerprint density at radius 1 is 1.19 bits per heavy atom. The Morgan fingerprint density at radius 3 is 2.48 bits per heavy atom. The first-order valence-electron chi connectivity index (χ1n) is 11.0. The van der Waals surface area contributed by atoms with Gasteiger partial charge in [-0.3, -0.25) is 0 Å². The standard InChI is InChI=1S/C23H32N4O4/c1-23(2,3)31-22(29)27(15-5-6-15)16-9-11-26(12-10-16)19-8-7-17(21(28)30-4)20-18(19)13-24-14-25-20/h7-8,13-16,21,28H,5-6,9-12H2,1-4H3. The van der Waals surface area contributed by atoms with E-state index in [1.807, 2.05) is 37.8 Å². The van der Waals surface area contributed by atoms with Crippen LogP contribution in [0.3, 0.4) is 0 Å². The number of piperidine rings is 1. The number of carbonyl (C=O) groups excluding carboxylic acids is 1. The van der Waals surface area contributed by atoms with E-state index < -0.39 is 11.9 Å². The molecule has 1 saturated heterocycles. The van der Waals surface area contributed by atoms with E-state index in [2.05, 4.69) is 14.9 Å². The number of anilines is 1. The molecule has 1 aromatic heterocycles. The van der Waals surface area contributed by atoms with Gasteiger partial charge in [-0.1, -0.05) is 0 Å². The number of methoxy groups -OCH3 is 1. The molecule has 4 rings (SSSR count). The first-order chi connectivity index (χ1) is 14.8. The summed E-state index contributed by atoms with van der Waals surface area (Å²) in [5, 5.41) is 11.1. The second-order valence-electron chi connectivity index (χ2n) is 9.38. The van der Waals surface area contributed by atoms with Crippen molar-refractivity contribution in [2.45, 2.75) is 70.4 Å². The quantitative estimate of drug-likeness (QED) is 0.728. The van der Waals surface area contributed by atoms with E-state index in [0.717, 1.165) is 49.8 Å². The van der Waals surface area contributed by atoms with Crippen molar-refractivity contribution in [3.63, 3.8) is 0 Å². The third-order valence-corrected chi connectivity index (χ3v) is 5.91. The highest BCUT2D eigenvalue weighted by molar-refractivity contribution is 5.93. The number of nitrogens with zero attached hydrogens (tertiary/aromatic N) is 4. The molecule has 2 aromatic rings. The molecule has 2 heterocycles. The maximum Gasteiger partial charge on any atom is 0.410 e. The number of amides is 1. The molecule has 1 unspecified atom stereocenters. The van der Waals surface area contributed by atoms with E-state index in [1.165, 1.54) is 13.4 Å². The number of aliphatic hydroxyl groups excluding tert-OH is 1. The smallest absolute Gasteiger partial charge is 0.410 e. The third kappa shape index (κ3) is 4.75. The second-order valence-corrected chi connectivity index (χ2v) is 9.38. The zero-order chi connectivity index (χ0) is 22.2. The predicted molar refractivity (Wildman–Crippen MR) is 118 cm³/mol. The summed E-state index contributed by atoms with van der Waals surface area (Å²) in [6.07, 6.45) is 5.94. The van der Waals surface area contributed by atoms with Gasteiger partial charge in [0.15, 0.2) is 6.29 Å². The molecule has 8 heteroatoms. The van der Waals surface area contributed by atoms with Crippen LogP contribution in [-0.2, 0) is 9.47 Å². The average Bonchev–Trinajstić information content (AvgIpc) is 3.57. The summed E-state index contributed by atoms with van der Waals surface area (Å²) in [6, 6.07) is 4.37. The van der Waals surface area contributed by atoms with Crippen molar-refractivity contribution in [1.82, 2.24) is 14.9 Å². The van der Waals surface area contributed by atoms with E-state index in [4.69, 9.17) is 9.47 Å². The van der Waals surface area contributed by atoms with Crippen molar-refractivity contribution in [2.24, 2.45) is 0 Å². The Balaban J connectivity index is 1.51. The van der Waals surface area contributed by atoms with Gasteiger partial charge in [0.2, 0.25) is 0 Å². The average molecular weight is 429 g/mol. The summed E-state index contributed by atoms with van der Waals surface area (Å²) in [7, 11) is 1.46. The molecule has 2 aliphatic rings. The molecule has 31 heavy (non-hydrogen) atoms. The Kier molecular flexibility index (Phi) is 6.03. The van der Waals surface area contributed by atoms with Crippen molar-refractivity contribution < 1.29 is 19.4 Å². The molecule has 1 saturated carbocycles. The fraction of sp³-hybridized carbons (Fsp3) is 0.609. The summed E-state index contributed by atoms with van der Waals surface area (Å²) in [5.41, 5.74) is 1.87. The SMILES string of the molecule is COC(O)c1ccc(N2CCC(N(C(=O)OC(C)(C)C)C3CC3)CC2)c2cncnc12. The van der Waals surface area contributed by atoms with E-state index >= 15 is 0 Å². The lowest BCUT2D eigenvalue weighted by Gasteiger charge is -2.40.